The van der Waals surface area contributed by atoms with E-state index in [2.05, 4.69) is 15.0 Å². The molecule has 0 fully saturated rings. The lowest BCUT2D eigenvalue weighted by molar-refractivity contribution is 0.0475. The third kappa shape index (κ3) is 3.55. The van der Waals surface area contributed by atoms with Gasteiger partial charge in [-0.1, -0.05) is 48.5 Å². The second-order valence-electron chi connectivity index (χ2n) is 7.05. The number of ketones is 1. The number of aromatic nitrogens is 3. The molecule has 3 aromatic carbocycles. The first-order valence-electron chi connectivity index (χ1n) is 9.78. The average Bonchev–Trinajstić information content (AvgIpc) is 3.22. The molecule has 0 unspecified atom stereocenters. The van der Waals surface area contributed by atoms with Gasteiger partial charge in [0.1, 0.15) is 0 Å². The smallest absolute Gasteiger partial charge is 0.338 e. The lowest BCUT2D eigenvalue weighted by Crippen LogP contribution is -2.15. The first-order valence-corrected chi connectivity index (χ1v) is 9.78. The number of esters is 1. The van der Waals surface area contributed by atoms with E-state index in [1.807, 2.05) is 54.6 Å². The molecule has 1 N–H and O–H groups in total. The molecule has 6 nitrogen and oxygen atoms in total. The number of nitrogens with zero attached hydrogens (tertiary/aromatic N) is 2. The Balaban J connectivity index is 1.43. The van der Waals surface area contributed by atoms with E-state index in [0.29, 0.717) is 27.9 Å². The van der Waals surface area contributed by atoms with Crippen molar-refractivity contribution >= 4 is 33.7 Å². The van der Waals surface area contributed by atoms with E-state index in [9.17, 15) is 9.59 Å². The molecule has 0 spiro atoms. The Kier molecular flexibility index (Phi) is 4.72. The summed E-state index contributed by atoms with van der Waals surface area (Å²) in [5.74, 6) is -0.854. The molecule has 0 aliphatic carbocycles. The SMILES string of the molecule is O=C(OCC(=O)c1c(-c2ccccc2)[nH]c2ccccc12)c1ccc2nccnc2c1. The molecule has 2 aromatic heterocycles. The Bertz CT molecular complexity index is 1420. The van der Waals surface area contributed by atoms with Crippen LogP contribution in [0.5, 0.6) is 0 Å². The summed E-state index contributed by atoms with van der Waals surface area (Å²) < 4.78 is 5.35. The van der Waals surface area contributed by atoms with Crippen molar-refractivity contribution in [3.05, 3.63) is 96.3 Å². The standard InChI is InChI=1S/C25H17N3O3/c29-22(15-31-25(30)17-10-11-20-21(14-17)27-13-12-26-20)23-18-8-4-5-9-19(18)28-24(23)16-6-2-1-3-7-16/h1-14,28H,15H2. The van der Waals surface area contributed by atoms with Crippen LogP contribution in [0.4, 0.5) is 0 Å². The zero-order valence-corrected chi connectivity index (χ0v) is 16.4. The third-order valence-corrected chi connectivity index (χ3v) is 5.09. The number of H-pyrrole nitrogens is 1. The molecule has 0 bridgehead atoms. The Morgan fingerprint density at radius 1 is 0.839 bits per heavy atom. The van der Waals surface area contributed by atoms with Gasteiger partial charge in [0.05, 0.1) is 27.9 Å². The number of carbonyl (C=O) groups excluding carboxylic acids is 2. The highest BCUT2D eigenvalue weighted by Crippen LogP contribution is 2.30. The summed E-state index contributed by atoms with van der Waals surface area (Å²) in [6.07, 6.45) is 3.15. The summed E-state index contributed by atoms with van der Waals surface area (Å²) in [6.45, 7) is -0.362. The fourth-order valence-electron chi connectivity index (χ4n) is 3.63. The Morgan fingerprint density at radius 3 is 2.42 bits per heavy atom. The van der Waals surface area contributed by atoms with Crippen LogP contribution >= 0.6 is 0 Å². The average molecular weight is 407 g/mol. The second kappa shape index (κ2) is 7.84. The highest BCUT2D eigenvalue weighted by atomic mass is 16.5. The minimum atomic E-state index is -0.581. The van der Waals surface area contributed by atoms with Crippen LogP contribution in [-0.2, 0) is 4.74 Å². The number of carbonyl (C=O) groups is 2. The van der Waals surface area contributed by atoms with Crippen molar-refractivity contribution < 1.29 is 14.3 Å². The molecule has 0 aliphatic heterocycles. The van der Waals surface area contributed by atoms with Crippen molar-refractivity contribution in [3.63, 3.8) is 0 Å². The van der Waals surface area contributed by atoms with Crippen LogP contribution in [0.1, 0.15) is 20.7 Å². The molecule has 31 heavy (non-hydrogen) atoms. The quantitative estimate of drug-likeness (QED) is 0.334. The minimum Gasteiger partial charge on any atom is -0.454 e. The number of nitrogens with one attached hydrogen (secondary N) is 1. The van der Waals surface area contributed by atoms with Crippen LogP contribution in [0.2, 0.25) is 0 Å². The van der Waals surface area contributed by atoms with Gasteiger partial charge in [0.15, 0.2) is 6.61 Å². The number of Topliss-reactive ketones (excluding diaryl/α,β-unsaturated/α-hetero) is 1. The minimum absolute atomic E-state index is 0.273. The van der Waals surface area contributed by atoms with Crippen LogP contribution in [0, 0.1) is 0 Å². The predicted molar refractivity (Wildman–Crippen MR) is 118 cm³/mol. The summed E-state index contributed by atoms with van der Waals surface area (Å²) in [6, 6.07) is 22.1. The lowest BCUT2D eigenvalue weighted by Gasteiger charge is -2.07. The zero-order chi connectivity index (χ0) is 21.2. The zero-order valence-electron chi connectivity index (χ0n) is 16.4. The van der Waals surface area contributed by atoms with Crippen LogP contribution in [0.25, 0.3) is 33.2 Å². The number of aromatic amines is 1. The number of benzene rings is 3. The molecule has 2 heterocycles. The predicted octanol–water partition coefficient (Wildman–Crippen LogP) is 4.82. The van der Waals surface area contributed by atoms with Crippen LogP contribution in [0.3, 0.4) is 0 Å². The summed E-state index contributed by atoms with van der Waals surface area (Å²) in [4.78, 5) is 37.4. The van der Waals surface area contributed by atoms with Crippen molar-refractivity contribution in [2.45, 2.75) is 0 Å². The van der Waals surface area contributed by atoms with E-state index in [4.69, 9.17) is 4.74 Å². The van der Waals surface area contributed by atoms with Crippen molar-refractivity contribution in [1.82, 2.24) is 15.0 Å². The van der Waals surface area contributed by atoms with Crippen molar-refractivity contribution in [2.75, 3.05) is 6.61 Å². The van der Waals surface area contributed by atoms with E-state index in [1.165, 1.54) is 0 Å². The summed E-state index contributed by atoms with van der Waals surface area (Å²) >= 11 is 0. The maximum atomic E-state index is 13.1. The van der Waals surface area contributed by atoms with Gasteiger partial charge in [-0.25, -0.2) is 4.79 Å². The van der Waals surface area contributed by atoms with E-state index in [1.54, 1.807) is 30.6 Å². The first kappa shape index (κ1) is 18.7. The number of hydrogen-bond acceptors (Lipinski definition) is 5. The number of para-hydroxylation sites is 1. The molecule has 0 aliphatic rings. The highest BCUT2D eigenvalue weighted by Gasteiger charge is 2.21. The molecule has 5 aromatic rings. The number of rotatable bonds is 5. The second-order valence-corrected chi connectivity index (χ2v) is 7.05. The van der Waals surface area contributed by atoms with E-state index in [-0.39, 0.29) is 12.4 Å². The summed E-state index contributed by atoms with van der Waals surface area (Å²) in [7, 11) is 0. The molecular weight excluding hydrogens is 390 g/mol. The fraction of sp³-hybridized carbons (Fsp3) is 0.0400. The monoisotopic (exact) mass is 407 g/mol. The number of hydrogen-bond donors (Lipinski definition) is 1. The highest BCUT2D eigenvalue weighted by molar-refractivity contribution is 6.14. The summed E-state index contributed by atoms with van der Waals surface area (Å²) in [5, 5.41) is 0.795. The summed E-state index contributed by atoms with van der Waals surface area (Å²) in [5.41, 5.74) is 4.56. The van der Waals surface area contributed by atoms with Gasteiger partial charge in [-0.15, -0.1) is 0 Å². The normalized spacial score (nSPS) is 11.0. The number of fused-ring (bicyclic) bond motifs is 2. The third-order valence-electron chi connectivity index (χ3n) is 5.09. The van der Waals surface area contributed by atoms with Crippen molar-refractivity contribution in [2.24, 2.45) is 0 Å². The van der Waals surface area contributed by atoms with Gasteiger partial charge < -0.3 is 9.72 Å². The van der Waals surface area contributed by atoms with Crippen LogP contribution in [0.15, 0.2) is 85.2 Å². The van der Waals surface area contributed by atoms with E-state index < -0.39 is 5.97 Å². The van der Waals surface area contributed by atoms with Gasteiger partial charge in [-0.3, -0.25) is 14.8 Å². The molecule has 150 valence electrons. The molecule has 0 saturated heterocycles. The van der Waals surface area contributed by atoms with E-state index in [0.717, 1.165) is 16.5 Å². The molecule has 0 saturated carbocycles. The lowest BCUT2D eigenvalue weighted by atomic mass is 10.0. The largest absolute Gasteiger partial charge is 0.454 e. The molecule has 5 rings (SSSR count). The first-order chi connectivity index (χ1) is 15.2. The molecule has 0 radical (unpaired) electrons. The van der Waals surface area contributed by atoms with Crippen LogP contribution in [-0.4, -0.2) is 33.3 Å². The number of ether oxygens (including phenoxy) is 1. The van der Waals surface area contributed by atoms with Gasteiger partial charge in [0.25, 0.3) is 0 Å². The van der Waals surface area contributed by atoms with Gasteiger partial charge in [0.2, 0.25) is 5.78 Å². The van der Waals surface area contributed by atoms with Gasteiger partial charge >= 0.3 is 5.97 Å². The molecule has 6 heteroatoms. The fourth-order valence-corrected chi connectivity index (χ4v) is 3.63. The van der Waals surface area contributed by atoms with Gasteiger partial charge in [-0.05, 0) is 29.8 Å². The maximum absolute atomic E-state index is 13.1. The maximum Gasteiger partial charge on any atom is 0.338 e. The topological polar surface area (TPSA) is 84.9 Å². The van der Waals surface area contributed by atoms with Crippen molar-refractivity contribution in [1.29, 1.82) is 0 Å². The van der Waals surface area contributed by atoms with Crippen LogP contribution < -0.4 is 0 Å². The Labute approximate surface area is 177 Å². The van der Waals surface area contributed by atoms with Gasteiger partial charge in [-0.2, -0.15) is 0 Å². The molecule has 0 atom stereocenters. The molecule has 0 amide bonds. The Hall–Kier alpha value is -4.32. The van der Waals surface area contributed by atoms with Crippen molar-refractivity contribution in [3.8, 4) is 11.3 Å². The Morgan fingerprint density at radius 2 is 1.58 bits per heavy atom. The molecular formula is C25H17N3O3. The van der Waals surface area contributed by atoms with E-state index >= 15 is 0 Å². The van der Waals surface area contributed by atoms with Gasteiger partial charge in [0, 0.05) is 23.3 Å².